The molecule has 1 fully saturated rings. The fourth-order valence-corrected chi connectivity index (χ4v) is 4.79. The number of hydrogen-bond acceptors (Lipinski definition) is 1. The van der Waals surface area contributed by atoms with Crippen LogP contribution in [0, 0.1) is 11.8 Å². The molecule has 1 aromatic heterocycles. The van der Waals surface area contributed by atoms with Gasteiger partial charge in [0.2, 0.25) is 0 Å². The van der Waals surface area contributed by atoms with Crippen molar-refractivity contribution in [3.05, 3.63) is 48.2 Å². The van der Waals surface area contributed by atoms with E-state index in [0.717, 1.165) is 24.3 Å². The summed E-state index contributed by atoms with van der Waals surface area (Å²) < 4.78 is 0. The number of fused-ring (bicyclic) bond motifs is 4. The van der Waals surface area contributed by atoms with Gasteiger partial charge in [-0.1, -0.05) is 43.7 Å². The zero-order valence-corrected chi connectivity index (χ0v) is 14.2. The van der Waals surface area contributed by atoms with Crippen LogP contribution in [0.25, 0.3) is 10.9 Å². The number of aromatic amines is 1. The van der Waals surface area contributed by atoms with Crippen molar-refractivity contribution in [1.29, 1.82) is 0 Å². The number of aromatic nitrogens is 1. The molecule has 2 nitrogen and oxygen atoms in total. The van der Waals surface area contributed by atoms with Crippen molar-refractivity contribution in [3.63, 3.8) is 0 Å². The Labute approximate surface area is 141 Å². The molecule has 1 aromatic carbocycles. The van der Waals surface area contributed by atoms with Crippen molar-refractivity contribution < 1.29 is 1.43 Å². The number of hydrogen-bond donors (Lipinski definition) is 1. The van der Waals surface area contributed by atoms with Crippen LogP contribution in [0.2, 0.25) is 0 Å². The molecule has 1 N–H and O–H groups in total. The Morgan fingerprint density at radius 1 is 1.30 bits per heavy atom. The SMILES string of the molecule is CCCC1CC2C=CCC1N(CCc1c[nH]c3ccccc13)C2.[HH]. The lowest BCUT2D eigenvalue weighted by atomic mass is 9.81. The van der Waals surface area contributed by atoms with Crippen LogP contribution in [0.15, 0.2) is 42.6 Å². The van der Waals surface area contributed by atoms with Crippen LogP contribution in [-0.2, 0) is 6.42 Å². The van der Waals surface area contributed by atoms with Gasteiger partial charge in [0.1, 0.15) is 0 Å². The van der Waals surface area contributed by atoms with Crippen LogP contribution in [0.1, 0.15) is 39.6 Å². The van der Waals surface area contributed by atoms with Crippen molar-refractivity contribution >= 4 is 10.9 Å². The lowest BCUT2D eigenvalue weighted by Gasteiger charge is -2.42. The molecule has 3 aliphatic rings. The van der Waals surface area contributed by atoms with E-state index in [1.165, 1.54) is 55.2 Å². The molecule has 3 atom stereocenters. The molecular formula is C21H30N2. The second-order valence-electron chi connectivity index (χ2n) is 7.38. The van der Waals surface area contributed by atoms with Gasteiger partial charge in [-0.25, -0.2) is 0 Å². The third kappa shape index (κ3) is 2.97. The van der Waals surface area contributed by atoms with E-state index in [1.54, 1.807) is 0 Å². The van der Waals surface area contributed by atoms with E-state index >= 15 is 0 Å². The highest BCUT2D eigenvalue weighted by molar-refractivity contribution is 5.83. The molecule has 23 heavy (non-hydrogen) atoms. The summed E-state index contributed by atoms with van der Waals surface area (Å²) in [4.78, 5) is 6.21. The third-order valence-electron chi connectivity index (χ3n) is 5.88. The third-order valence-corrected chi connectivity index (χ3v) is 5.88. The second kappa shape index (κ2) is 6.52. The van der Waals surface area contributed by atoms with Crippen LogP contribution in [-0.4, -0.2) is 29.0 Å². The summed E-state index contributed by atoms with van der Waals surface area (Å²) in [5.74, 6) is 1.69. The standard InChI is InChI=1S/C21H28N2.H2/c1-2-6-17-13-16-7-5-10-21(17)23(15-16)12-11-18-14-22-20-9-4-3-8-19(18)20;/h3-5,7-9,14,16-17,21-22H,2,6,10-13,15H2,1H3;1H. The van der Waals surface area contributed by atoms with Gasteiger partial charge in [-0.3, -0.25) is 4.90 Å². The van der Waals surface area contributed by atoms with Gasteiger partial charge in [0.25, 0.3) is 0 Å². The van der Waals surface area contributed by atoms with Crippen LogP contribution >= 0.6 is 0 Å². The predicted molar refractivity (Wildman–Crippen MR) is 99.7 cm³/mol. The van der Waals surface area contributed by atoms with Gasteiger partial charge in [-0.05, 0) is 49.1 Å². The zero-order valence-electron chi connectivity index (χ0n) is 14.2. The van der Waals surface area contributed by atoms with Gasteiger partial charge in [0, 0.05) is 37.7 Å². The molecule has 2 bridgehead atoms. The summed E-state index contributed by atoms with van der Waals surface area (Å²) in [6, 6.07) is 9.45. The van der Waals surface area contributed by atoms with Crippen LogP contribution in [0.5, 0.6) is 0 Å². The summed E-state index contributed by atoms with van der Waals surface area (Å²) in [6.07, 6.45) is 13.7. The van der Waals surface area contributed by atoms with E-state index in [4.69, 9.17) is 0 Å². The minimum absolute atomic E-state index is 0. The van der Waals surface area contributed by atoms with E-state index < -0.39 is 0 Å². The second-order valence-corrected chi connectivity index (χ2v) is 7.38. The van der Waals surface area contributed by atoms with E-state index in [0.29, 0.717) is 0 Å². The topological polar surface area (TPSA) is 19.0 Å². The highest BCUT2D eigenvalue weighted by atomic mass is 15.2. The Morgan fingerprint density at radius 3 is 3.13 bits per heavy atom. The highest BCUT2D eigenvalue weighted by Crippen LogP contribution is 2.36. The maximum absolute atomic E-state index is 3.42. The largest absolute Gasteiger partial charge is 0.361 e. The van der Waals surface area contributed by atoms with Gasteiger partial charge in [-0.2, -0.15) is 0 Å². The van der Waals surface area contributed by atoms with Crippen molar-refractivity contribution in [2.24, 2.45) is 11.8 Å². The molecule has 0 amide bonds. The van der Waals surface area contributed by atoms with E-state index in [1.807, 2.05) is 0 Å². The van der Waals surface area contributed by atoms with Crippen LogP contribution in [0.3, 0.4) is 0 Å². The van der Waals surface area contributed by atoms with Crippen LogP contribution in [0.4, 0.5) is 0 Å². The molecule has 0 radical (unpaired) electrons. The smallest absolute Gasteiger partial charge is 0.0456 e. The number of nitrogens with zero attached hydrogens (tertiary/aromatic N) is 1. The average Bonchev–Trinajstić information content (AvgIpc) is 2.74. The number of benzene rings is 1. The molecule has 3 unspecified atom stereocenters. The summed E-state index contributed by atoms with van der Waals surface area (Å²) in [6.45, 7) is 4.80. The molecule has 1 aliphatic carbocycles. The maximum Gasteiger partial charge on any atom is 0.0456 e. The van der Waals surface area contributed by atoms with Gasteiger partial charge in [0.15, 0.2) is 0 Å². The molecule has 1 saturated heterocycles. The molecule has 124 valence electrons. The zero-order chi connectivity index (χ0) is 15.6. The summed E-state index contributed by atoms with van der Waals surface area (Å²) in [5, 5.41) is 1.40. The van der Waals surface area contributed by atoms with Crippen molar-refractivity contribution in [1.82, 2.24) is 9.88 Å². The Morgan fingerprint density at radius 2 is 2.22 bits per heavy atom. The first-order chi connectivity index (χ1) is 11.3. The molecular weight excluding hydrogens is 280 g/mol. The molecule has 2 aromatic rings. The predicted octanol–water partition coefficient (Wildman–Crippen LogP) is 5.02. The Bertz CT molecular complexity index is 690. The summed E-state index contributed by atoms with van der Waals surface area (Å²) in [5.41, 5.74) is 2.74. The average molecular weight is 310 g/mol. The first-order valence-corrected chi connectivity index (χ1v) is 9.31. The maximum atomic E-state index is 3.42. The van der Waals surface area contributed by atoms with Gasteiger partial charge in [0.05, 0.1) is 0 Å². The van der Waals surface area contributed by atoms with E-state index in [9.17, 15) is 0 Å². The molecule has 3 heterocycles. The minimum Gasteiger partial charge on any atom is -0.361 e. The van der Waals surface area contributed by atoms with Gasteiger partial charge >= 0.3 is 0 Å². The number of nitrogens with one attached hydrogen (secondary N) is 1. The first kappa shape index (κ1) is 15.0. The van der Waals surface area contributed by atoms with Crippen molar-refractivity contribution in [2.45, 2.75) is 45.1 Å². The number of H-pyrrole nitrogens is 1. The number of rotatable bonds is 5. The Kier molecular flexibility index (Phi) is 4.26. The lowest BCUT2D eigenvalue weighted by molar-refractivity contribution is 0.0735. The van der Waals surface area contributed by atoms with Crippen molar-refractivity contribution in [2.75, 3.05) is 13.1 Å². The van der Waals surface area contributed by atoms with Crippen molar-refractivity contribution in [3.8, 4) is 0 Å². The molecule has 2 heteroatoms. The van der Waals surface area contributed by atoms with E-state index in [-0.39, 0.29) is 1.43 Å². The lowest BCUT2D eigenvalue weighted by Crippen LogP contribution is -2.47. The van der Waals surface area contributed by atoms with Gasteiger partial charge < -0.3 is 4.98 Å². The summed E-state index contributed by atoms with van der Waals surface area (Å²) in [7, 11) is 0. The Balaban J connectivity index is 0.00000169. The Hall–Kier alpha value is -1.54. The normalized spacial score (nSPS) is 27.6. The fourth-order valence-electron chi connectivity index (χ4n) is 4.79. The van der Waals surface area contributed by atoms with Gasteiger partial charge in [-0.15, -0.1) is 0 Å². The molecule has 0 saturated carbocycles. The quantitative estimate of drug-likeness (QED) is 0.768. The van der Waals surface area contributed by atoms with E-state index in [2.05, 4.69) is 59.4 Å². The van der Waals surface area contributed by atoms with Crippen LogP contribution < -0.4 is 0 Å². The summed E-state index contributed by atoms with van der Waals surface area (Å²) >= 11 is 0. The number of para-hydroxylation sites is 1. The molecule has 5 rings (SSSR count). The number of piperidine rings is 1. The first-order valence-electron chi connectivity index (χ1n) is 9.31. The monoisotopic (exact) mass is 310 g/mol. The molecule has 2 aliphatic heterocycles. The highest BCUT2D eigenvalue weighted by Gasteiger charge is 2.35. The molecule has 0 spiro atoms. The fraction of sp³-hybridized carbons (Fsp3) is 0.524. The minimum atomic E-state index is 0.